The first-order chi connectivity index (χ1) is 12.4. The lowest BCUT2D eigenvalue weighted by molar-refractivity contribution is -0.139. The first kappa shape index (κ1) is 19.0. The molecule has 0 saturated carbocycles. The Morgan fingerprint density at radius 3 is 2.15 bits per heavy atom. The van der Waals surface area contributed by atoms with Crippen LogP contribution in [0.4, 0.5) is 5.69 Å². The van der Waals surface area contributed by atoms with E-state index in [4.69, 9.17) is 4.74 Å². The number of aliphatic carboxylic acids is 1. The van der Waals surface area contributed by atoms with Gasteiger partial charge in [-0.1, -0.05) is 12.1 Å². The summed E-state index contributed by atoms with van der Waals surface area (Å²) < 4.78 is 5.07. The molecular formula is C19H20N2O5. The number of carbonyl (C=O) groups is 3. The summed E-state index contributed by atoms with van der Waals surface area (Å²) in [5.74, 6) is -1.17. The van der Waals surface area contributed by atoms with Gasteiger partial charge in [0.2, 0.25) is 5.91 Å². The fourth-order valence-corrected chi connectivity index (χ4v) is 2.35. The van der Waals surface area contributed by atoms with Crippen molar-refractivity contribution < 1.29 is 24.2 Å². The number of ether oxygens (including phenoxy) is 1. The van der Waals surface area contributed by atoms with Crippen LogP contribution in [-0.4, -0.2) is 36.0 Å². The van der Waals surface area contributed by atoms with Crippen molar-refractivity contribution in [3.8, 4) is 5.75 Å². The number of carbonyl (C=O) groups excluding carboxylic acids is 2. The van der Waals surface area contributed by atoms with Crippen molar-refractivity contribution in [1.29, 1.82) is 0 Å². The van der Waals surface area contributed by atoms with Gasteiger partial charge in [0.05, 0.1) is 7.11 Å². The maximum atomic E-state index is 12.3. The highest BCUT2D eigenvalue weighted by molar-refractivity contribution is 5.97. The molecule has 0 aliphatic carbocycles. The molecule has 2 aromatic rings. The molecule has 7 heteroatoms. The predicted octanol–water partition coefficient (Wildman–Crippen LogP) is 2.08. The maximum absolute atomic E-state index is 12.3. The number of hydrogen-bond donors (Lipinski definition) is 3. The number of carboxylic acids is 1. The number of rotatable bonds is 7. The Kier molecular flexibility index (Phi) is 6.32. The molecule has 3 N–H and O–H groups in total. The van der Waals surface area contributed by atoms with E-state index >= 15 is 0 Å². The zero-order valence-corrected chi connectivity index (χ0v) is 14.5. The molecule has 7 nitrogen and oxygen atoms in total. The van der Waals surface area contributed by atoms with Gasteiger partial charge in [0.15, 0.2) is 0 Å². The van der Waals surface area contributed by atoms with E-state index in [1.165, 1.54) is 19.1 Å². The summed E-state index contributed by atoms with van der Waals surface area (Å²) in [7, 11) is 1.55. The molecular weight excluding hydrogens is 336 g/mol. The van der Waals surface area contributed by atoms with E-state index in [1.54, 1.807) is 43.5 Å². The van der Waals surface area contributed by atoms with Crippen LogP contribution in [0.15, 0.2) is 48.5 Å². The maximum Gasteiger partial charge on any atom is 0.326 e. The zero-order valence-electron chi connectivity index (χ0n) is 14.5. The average molecular weight is 356 g/mol. The molecule has 0 aromatic heterocycles. The van der Waals surface area contributed by atoms with Crippen LogP contribution < -0.4 is 15.4 Å². The second-order valence-corrected chi connectivity index (χ2v) is 5.68. The van der Waals surface area contributed by atoms with Crippen LogP contribution in [0, 0.1) is 0 Å². The smallest absolute Gasteiger partial charge is 0.326 e. The van der Waals surface area contributed by atoms with Crippen LogP contribution in [0.1, 0.15) is 22.8 Å². The molecule has 2 aromatic carbocycles. The van der Waals surface area contributed by atoms with E-state index < -0.39 is 17.9 Å². The number of amides is 2. The Morgan fingerprint density at radius 2 is 1.65 bits per heavy atom. The molecule has 0 fully saturated rings. The minimum atomic E-state index is -1.12. The Balaban J connectivity index is 2.04. The highest BCUT2D eigenvalue weighted by atomic mass is 16.5. The number of anilines is 1. The van der Waals surface area contributed by atoms with E-state index in [0.29, 0.717) is 17.0 Å². The van der Waals surface area contributed by atoms with Gasteiger partial charge in [-0.25, -0.2) is 4.79 Å². The highest BCUT2D eigenvalue weighted by Gasteiger charge is 2.21. The number of hydrogen-bond acceptors (Lipinski definition) is 4. The fourth-order valence-electron chi connectivity index (χ4n) is 2.35. The van der Waals surface area contributed by atoms with Gasteiger partial charge >= 0.3 is 5.97 Å². The normalized spacial score (nSPS) is 11.3. The first-order valence-corrected chi connectivity index (χ1v) is 7.93. The van der Waals surface area contributed by atoms with Gasteiger partial charge in [-0.05, 0) is 42.0 Å². The predicted molar refractivity (Wildman–Crippen MR) is 96.3 cm³/mol. The molecule has 2 rings (SSSR count). The number of methoxy groups -OCH3 is 1. The van der Waals surface area contributed by atoms with Crippen LogP contribution >= 0.6 is 0 Å². The van der Waals surface area contributed by atoms with Gasteiger partial charge in [0.25, 0.3) is 5.91 Å². The van der Waals surface area contributed by atoms with Gasteiger partial charge in [-0.2, -0.15) is 0 Å². The van der Waals surface area contributed by atoms with E-state index in [9.17, 15) is 19.5 Å². The Morgan fingerprint density at radius 1 is 1.04 bits per heavy atom. The van der Waals surface area contributed by atoms with Crippen LogP contribution in [0.25, 0.3) is 0 Å². The molecule has 0 spiro atoms. The third kappa shape index (κ3) is 5.34. The lowest BCUT2D eigenvalue weighted by atomic mass is 10.1. The van der Waals surface area contributed by atoms with Crippen LogP contribution in [0.5, 0.6) is 5.75 Å². The fraction of sp³-hybridized carbons (Fsp3) is 0.211. The van der Waals surface area contributed by atoms with Gasteiger partial charge in [-0.15, -0.1) is 0 Å². The molecule has 1 atom stereocenters. The third-order valence-electron chi connectivity index (χ3n) is 3.67. The van der Waals surface area contributed by atoms with Gasteiger partial charge in [0.1, 0.15) is 11.8 Å². The zero-order chi connectivity index (χ0) is 19.1. The lowest BCUT2D eigenvalue weighted by Gasteiger charge is -2.15. The van der Waals surface area contributed by atoms with Gasteiger partial charge in [0, 0.05) is 24.6 Å². The summed E-state index contributed by atoms with van der Waals surface area (Å²) in [5.41, 5.74) is 1.63. The van der Waals surface area contributed by atoms with E-state index in [2.05, 4.69) is 10.6 Å². The summed E-state index contributed by atoms with van der Waals surface area (Å²) in [6, 6.07) is 12.1. The molecule has 0 aliphatic heterocycles. The van der Waals surface area contributed by atoms with Gasteiger partial charge in [-0.3, -0.25) is 9.59 Å². The van der Waals surface area contributed by atoms with E-state index in [-0.39, 0.29) is 12.3 Å². The molecule has 0 aliphatic rings. The molecule has 0 heterocycles. The van der Waals surface area contributed by atoms with Crippen molar-refractivity contribution in [2.75, 3.05) is 12.4 Å². The number of benzene rings is 2. The number of carboxylic acid groups (broad SMARTS) is 1. The standard InChI is InChI=1S/C19H20N2O5/c1-12(22)20-15-7-5-14(6-8-15)18(23)21-17(19(24)25)11-13-3-9-16(26-2)10-4-13/h3-10,17H,11H2,1-2H3,(H,20,22)(H,21,23)(H,24,25)/t17-/m1/s1. The van der Waals surface area contributed by atoms with Crippen molar-refractivity contribution in [2.24, 2.45) is 0 Å². The first-order valence-electron chi connectivity index (χ1n) is 7.93. The van der Waals surface area contributed by atoms with Crippen LogP contribution in [0.3, 0.4) is 0 Å². The highest BCUT2D eigenvalue weighted by Crippen LogP contribution is 2.14. The van der Waals surface area contributed by atoms with E-state index in [1.807, 2.05) is 0 Å². The molecule has 0 radical (unpaired) electrons. The molecule has 0 unspecified atom stereocenters. The van der Waals surface area contributed by atoms with Crippen molar-refractivity contribution >= 4 is 23.5 Å². The monoisotopic (exact) mass is 356 g/mol. The van der Waals surface area contributed by atoms with Crippen molar-refractivity contribution in [2.45, 2.75) is 19.4 Å². The average Bonchev–Trinajstić information content (AvgIpc) is 2.61. The van der Waals surface area contributed by atoms with Crippen molar-refractivity contribution in [3.05, 3.63) is 59.7 Å². The summed E-state index contributed by atoms with van der Waals surface area (Å²) in [6.07, 6.45) is 0.148. The molecule has 0 saturated heterocycles. The summed E-state index contributed by atoms with van der Waals surface area (Å²) in [5, 5.41) is 14.5. The van der Waals surface area contributed by atoms with Crippen molar-refractivity contribution in [3.63, 3.8) is 0 Å². The lowest BCUT2D eigenvalue weighted by Crippen LogP contribution is -2.42. The second kappa shape index (κ2) is 8.66. The van der Waals surface area contributed by atoms with E-state index in [0.717, 1.165) is 5.56 Å². The quantitative estimate of drug-likeness (QED) is 0.704. The summed E-state index contributed by atoms with van der Waals surface area (Å²) in [6.45, 7) is 1.39. The third-order valence-corrected chi connectivity index (χ3v) is 3.67. The SMILES string of the molecule is COc1ccc(C[C@@H](NC(=O)c2ccc(NC(C)=O)cc2)C(=O)O)cc1. The second-order valence-electron chi connectivity index (χ2n) is 5.68. The van der Waals surface area contributed by atoms with Gasteiger partial charge < -0.3 is 20.5 Å². The Labute approximate surface area is 151 Å². The van der Waals surface area contributed by atoms with Crippen LogP contribution in [-0.2, 0) is 16.0 Å². The summed E-state index contributed by atoms with van der Waals surface area (Å²) in [4.78, 5) is 34.8. The molecule has 26 heavy (non-hydrogen) atoms. The minimum Gasteiger partial charge on any atom is -0.497 e. The minimum absolute atomic E-state index is 0.148. The number of nitrogens with one attached hydrogen (secondary N) is 2. The largest absolute Gasteiger partial charge is 0.497 e. The molecule has 0 bridgehead atoms. The summed E-state index contributed by atoms with van der Waals surface area (Å²) >= 11 is 0. The Hall–Kier alpha value is -3.35. The molecule has 136 valence electrons. The van der Waals surface area contributed by atoms with Crippen molar-refractivity contribution in [1.82, 2.24) is 5.32 Å². The Bertz CT molecular complexity index is 785. The topological polar surface area (TPSA) is 105 Å². The van der Waals surface area contributed by atoms with Crippen LogP contribution in [0.2, 0.25) is 0 Å². The molecule has 2 amide bonds.